The van der Waals surface area contributed by atoms with Crippen molar-refractivity contribution in [2.24, 2.45) is 16.8 Å². The second-order valence-corrected chi connectivity index (χ2v) is 9.32. The van der Waals surface area contributed by atoms with E-state index in [4.69, 9.17) is 10.8 Å². The van der Waals surface area contributed by atoms with E-state index in [-0.39, 0.29) is 11.5 Å². The Hall–Kier alpha value is -3.45. The first-order valence-corrected chi connectivity index (χ1v) is 12.1. The van der Waals surface area contributed by atoms with Crippen LogP contribution in [0.1, 0.15) is 54.9 Å². The molecule has 7 nitrogen and oxygen atoms in total. The van der Waals surface area contributed by atoms with Crippen molar-refractivity contribution in [2.75, 3.05) is 4.90 Å². The number of hydrogen-bond donors (Lipinski definition) is 2. The van der Waals surface area contributed by atoms with Gasteiger partial charge in [-0.25, -0.2) is 4.79 Å². The first-order chi connectivity index (χ1) is 16.5. The molecule has 2 atom stereocenters. The van der Waals surface area contributed by atoms with Gasteiger partial charge in [0.15, 0.2) is 0 Å². The van der Waals surface area contributed by atoms with E-state index in [9.17, 15) is 9.90 Å². The second-order valence-electron chi connectivity index (χ2n) is 9.32. The van der Waals surface area contributed by atoms with Gasteiger partial charge in [-0.2, -0.15) is 5.10 Å². The van der Waals surface area contributed by atoms with Crippen LogP contribution < -0.4 is 10.6 Å². The Morgan fingerprint density at radius 3 is 2.79 bits per heavy atom. The predicted octanol–water partition coefficient (Wildman–Crippen LogP) is 4.54. The lowest BCUT2D eigenvalue weighted by Gasteiger charge is -2.42. The number of aromatic nitrogens is 1. The number of anilines is 1. The van der Waals surface area contributed by atoms with Crippen LogP contribution in [0.5, 0.6) is 0 Å². The number of aromatic carboxylic acids is 1. The third-order valence-corrected chi connectivity index (χ3v) is 7.08. The maximum Gasteiger partial charge on any atom is 0.335 e. The van der Waals surface area contributed by atoms with Crippen LogP contribution in [0.25, 0.3) is 0 Å². The summed E-state index contributed by atoms with van der Waals surface area (Å²) in [6.45, 7) is 2.63. The van der Waals surface area contributed by atoms with Crippen molar-refractivity contribution in [1.29, 1.82) is 0 Å². The summed E-state index contributed by atoms with van der Waals surface area (Å²) in [6, 6.07) is 11.3. The molecule has 176 valence electrons. The van der Waals surface area contributed by atoms with Crippen LogP contribution >= 0.6 is 0 Å². The van der Waals surface area contributed by atoms with Gasteiger partial charge >= 0.3 is 5.97 Å². The second kappa shape index (κ2) is 9.06. The van der Waals surface area contributed by atoms with Crippen molar-refractivity contribution in [3.63, 3.8) is 0 Å². The summed E-state index contributed by atoms with van der Waals surface area (Å²) in [6.07, 6.45) is 15.5. The Labute approximate surface area is 200 Å². The monoisotopic (exact) mass is 457 g/mol. The summed E-state index contributed by atoms with van der Waals surface area (Å²) in [4.78, 5) is 18.0. The molecule has 2 heterocycles. The van der Waals surface area contributed by atoms with Gasteiger partial charge in [-0.15, -0.1) is 0 Å². The average Bonchev–Trinajstić information content (AvgIpc) is 3.50. The van der Waals surface area contributed by atoms with Crippen molar-refractivity contribution < 1.29 is 9.90 Å². The standard InChI is InChI=1S/C27H31N5O2/c1-2-24-23-12-13-27(28,16-25(23)32(30-24)21-9-3-4-10-21)31(18-19-7-6-14-29-17-19)22-11-5-8-20(15-22)26(33)34/h5-8,11-17,21,23H,2-4,9-10,18,28H2,1H3,(H,33,34). The van der Waals surface area contributed by atoms with E-state index >= 15 is 0 Å². The van der Waals surface area contributed by atoms with Gasteiger partial charge in [-0.3, -0.25) is 9.99 Å². The fourth-order valence-electron chi connectivity index (χ4n) is 5.31. The van der Waals surface area contributed by atoms with Gasteiger partial charge in [0.05, 0.1) is 23.2 Å². The molecule has 1 aromatic carbocycles. The molecule has 7 heteroatoms. The maximum atomic E-state index is 11.7. The molecular formula is C27H31N5O2. The van der Waals surface area contributed by atoms with Gasteiger partial charge in [0.2, 0.25) is 0 Å². The number of carboxylic acid groups (broad SMARTS) is 1. The Bertz CT molecular complexity index is 1150. The van der Waals surface area contributed by atoms with Gasteiger partial charge < -0.3 is 15.7 Å². The number of rotatable bonds is 7. The molecule has 2 aliphatic carbocycles. The molecule has 0 saturated heterocycles. The number of allylic oxidation sites excluding steroid dienone is 1. The number of fused-ring (bicyclic) bond motifs is 1. The zero-order valence-electron chi connectivity index (χ0n) is 19.5. The Morgan fingerprint density at radius 1 is 1.26 bits per heavy atom. The quantitative estimate of drug-likeness (QED) is 0.468. The summed E-state index contributed by atoms with van der Waals surface area (Å²) in [5.41, 5.74) is 10.5. The first-order valence-electron chi connectivity index (χ1n) is 12.1. The van der Waals surface area contributed by atoms with Crippen molar-refractivity contribution in [3.05, 3.63) is 83.8 Å². The highest BCUT2D eigenvalue weighted by molar-refractivity contribution is 5.93. The summed E-state index contributed by atoms with van der Waals surface area (Å²) in [5, 5.41) is 16.8. The molecular weight excluding hydrogens is 426 g/mol. The van der Waals surface area contributed by atoms with Crippen molar-refractivity contribution >= 4 is 17.4 Å². The molecule has 3 N–H and O–H groups in total. The lowest BCUT2D eigenvalue weighted by Crippen LogP contribution is -2.55. The van der Waals surface area contributed by atoms with Crippen LogP contribution in [0.2, 0.25) is 0 Å². The molecule has 5 rings (SSSR count). The molecule has 2 aromatic rings. The molecule has 0 bridgehead atoms. The Balaban J connectivity index is 1.57. The largest absolute Gasteiger partial charge is 0.478 e. The first kappa shape index (κ1) is 22.3. The molecule has 0 radical (unpaired) electrons. The Morgan fingerprint density at radius 2 is 2.09 bits per heavy atom. The summed E-state index contributed by atoms with van der Waals surface area (Å²) < 4.78 is 0. The van der Waals surface area contributed by atoms with E-state index in [1.54, 1.807) is 24.4 Å². The predicted molar refractivity (Wildman–Crippen MR) is 133 cm³/mol. The minimum Gasteiger partial charge on any atom is -0.478 e. The highest BCUT2D eigenvalue weighted by Crippen LogP contribution is 2.40. The van der Waals surface area contributed by atoms with Crippen LogP contribution in [0.4, 0.5) is 5.69 Å². The third kappa shape index (κ3) is 4.12. The number of hydrazone groups is 1. The molecule has 2 unspecified atom stereocenters. The van der Waals surface area contributed by atoms with Gasteiger partial charge in [0.1, 0.15) is 5.66 Å². The van der Waals surface area contributed by atoms with E-state index in [1.807, 2.05) is 35.4 Å². The molecule has 1 aliphatic heterocycles. The van der Waals surface area contributed by atoms with E-state index in [2.05, 4.69) is 29.1 Å². The number of benzene rings is 1. The number of carboxylic acids is 1. The van der Waals surface area contributed by atoms with Gasteiger partial charge in [0, 0.05) is 30.3 Å². The number of carbonyl (C=O) groups is 1. The van der Waals surface area contributed by atoms with E-state index in [0.717, 1.165) is 36.2 Å². The van der Waals surface area contributed by atoms with Gasteiger partial charge in [0.25, 0.3) is 0 Å². The van der Waals surface area contributed by atoms with Crippen molar-refractivity contribution in [1.82, 2.24) is 9.99 Å². The van der Waals surface area contributed by atoms with Crippen LogP contribution in [0, 0.1) is 5.92 Å². The third-order valence-electron chi connectivity index (χ3n) is 7.08. The van der Waals surface area contributed by atoms with E-state index in [1.165, 1.54) is 18.6 Å². The number of hydrogen-bond acceptors (Lipinski definition) is 6. The molecule has 1 aromatic heterocycles. The van der Waals surface area contributed by atoms with Crippen molar-refractivity contribution in [2.45, 2.75) is 57.3 Å². The molecule has 1 saturated carbocycles. The van der Waals surface area contributed by atoms with E-state index < -0.39 is 11.6 Å². The minimum absolute atomic E-state index is 0.146. The van der Waals surface area contributed by atoms with Crippen LogP contribution in [0.15, 0.2) is 77.8 Å². The number of nitrogens with two attached hydrogens (primary N) is 1. The zero-order valence-corrected chi connectivity index (χ0v) is 19.5. The van der Waals surface area contributed by atoms with Crippen molar-refractivity contribution in [3.8, 4) is 0 Å². The number of nitrogens with zero attached hydrogens (tertiary/aromatic N) is 4. The normalized spacial score (nSPS) is 24.1. The number of pyridine rings is 1. The van der Waals surface area contributed by atoms with Gasteiger partial charge in [-0.1, -0.05) is 38.0 Å². The van der Waals surface area contributed by atoms with Crippen LogP contribution in [-0.4, -0.2) is 38.5 Å². The zero-order chi connectivity index (χ0) is 23.7. The smallest absolute Gasteiger partial charge is 0.335 e. The fourth-order valence-corrected chi connectivity index (χ4v) is 5.31. The highest BCUT2D eigenvalue weighted by Gasteiger charge is 2.41. The van der Waals surface area contributed by atoms with Crippen LogP contribution in [0.3, 0.4) is 0 Å². The lowest BCUT2D eigenvalue weighted by molar-refractivity contribution is 0.0697. The average molecular weight is 458 g/mol. The topological polar surface area (TPSA) is 95.0 Å². The fraction of sp³-hybridized carbons (Fsp3) is 0.370. The SMILES string of the molecule is CCC1=NN(C2CCCC2)C2=CC(N)(N(Cc3cccnc3)c3cccc(C(=O)O)c3)C=CC21. The molecule has 34 heavy (non-hydrogen) atoms. The summed E-state index contributed by atoms with van der Waals surface area (Å²) in [5.74, 6) is -0.816. The Kier molecular flexibility index (Phi) is 5.96. The lowest BCUT2D eigenvalue weighted by atomic mass is 9.88. The summed E-state index contributed by atoms with van der Waals surface area (Å²) in [7, 11) is 0. The van der Waals surface area contributed by atoms with E-state index in [0.29, 0.717) is 12.6 Å². The molecule has 3 aliphatic rings. The maximum absolute atomic E-state index is 11.7. The molecule has 1 fully saturated rings. The van der Waals surface area contributed by atoms with Crippen LogP contribution in [-0.2, 0) is 6.54 Å². The summed E-state index contributed by atoms with van der Waals surface area (Å²) >= 11 is 0. The van der Waals surface area contributed by atoms with Gasteiger partial charge in [-0.05, 0) is 61.2 Å². The highest BCUT2D eigenvalue weighted by atomic mass is 16.4. The molecule has 0 amide bonds. The minimum atomic E-state index is -0.962. The molecule has 0 spiro atoms.